The quantitative estimate of drug-likeness (QED) is 0.919. The molecule has 0 radical (unpaired) electrons. The zero-order valence-electron chi connectivity index (χ0n) is 10.2. The van der Waals surface area contributed by atoms with E-state index in [1.165, 1.54) is 6.33 Å². The third-order valence-electron chi connectivity index (χ3n) is 2.48. The van der Waals surface area contributed by atoms with Crippen LogP contribution in [0.2, 0.25) is 0 Å². The van der Waals surface area contributed by atoms with Crippen LogP contribution in [0.15, 0.2) is 33.6 Å². The lowest BCUT2D eigenvalue weighted by Gasteiger charge is -2.15. The Morgan fingerprint density at radius 2 is 2.33 bits per heavy atom. The van der Waals surface area contributed by atoms with Crippen molar-refractivity contribution in [2.75, 3.05) is 13.7 Å². The highest BCUT2D eigenvalue weighted by Crippen LogP contribution is 2.29. The molecule has 96 valence electrons. The lowest BCUT2D eigenvalue weighted by Crippen LogP contribution is -2.23. The summed E-state index contributed by atoms with van der Waals surface area (Å²) >= 11 is 3.46. The molecule has 2 aromatic rings. The molecule has 0 aliphatic heterocycles. The van der Waals surface area contributed by atoms with Gasteiger partial charge in [0.2, 0.25) is 5.88 Å². The van der Waals surface area contributed by atoms with E-state index in [-0.39, 0.29) is 6.04 Å². The standard InChI is InChI=1S/C12H14BrN3O2/c1-3-14-11(12-8(13)4-5-18-12)9-6-10(17-2)16-7-15-9/h4-7,11,14H,3H2,1-2H3. The van der Waals surface area contributed by atoms with Gasteiger partial charge in [-0.2, -0.15) is 0 Å². The summed E-state index contributed by atoms with van der Waals surface area (Å²) < 4.78 is 11.5. The van der Waals surface area contributed by atoms with E-state index < -0.39 is 0 Å². The Morgan fingerprint density at radius 3 is 2.94 bits per heavy atom. The van der Waals surface area contributed by atoms with Crippen LogP contribution in [0.5, 0.6) is 5.88 Å². The summed E-state index contributed by atoms with van der Waals surface area (Å²) in [5, 5.41) is 3.32. The lowest BCUT2D eigenvalue weighted by atomic mass is 10.1. The van der Waals surface area contributed by atoms with Gasteiger partial charge in [0.25, 0.3) is 0 Å². The molecular formula is C12H14BrN3O2. The SMILES string of the molecule is CCNC(c1cc(OC)ncn1)c1occc1Br. The Morgan fingerprint density at radius 1 is 1.50 bits per heavy atom. The minimum Gasteiger partial charge on any atom is -0.481 e. The number of furan rings is 1. The molecule has 1 atom stereocenters. The van der Waals surface area contributed by atoms with Crippen LogP contribution in [0.4, 0.5) is 0 Å². The van der Waals surface area contributed by atoms with Gasteiger partial charge in [-0.25, -0.2) is 9.97 Å². The van der Waals surface area contributed by atoms with E-state index in [1.807, 2.05) is 13.0 Å². The largest absolute Gasteiger partial charge is 0.481 e. The van der Waals surface area contributed by atoms with Crippen molar-refractivity contribution in [2.24, 2.45) is 0 Å². The fourth-order valence-corrected chi connectivity index (χ4v) is 2.10. The van der Waals surface area contributed by atoms with Gasteiger partial charge in [0.05, 0.1) is 23.5 Å². The van der Waals surface area contributed by atoms with Gasteiger partial charge in [0.1, 0.15) is 18.1 Å². The minimum atomic E-state index is -0.128. The molecule has 18 heavy (non-hydrogen) atoms. The van der Waals surface area contributed by atoms with Crippen molar-refractivity contribution >= 4 is 15.9 Å². The first kappa shape index (κ1) is 13.0. The summed E-state index contributed by atoms with van der Waals surface area (Å²) in [4.78, 5) is 8.27. The first-order valence-electron chi connectivity index (χ1n) is 5.58. The van der Waals surface area contributed by atoms with Gasteiger partial charge >= 0.3 is 0 Å². The molecule has 2 aromatic heterocycles. The zero-order chi connectivity index (χ0) is 13.0. The highest BCUT2D eigenvalue weighted by atomic mass is 79.9. The van der Waals surface area contributed by atoms with Crippen molar-refractivity contribution in [2.45, 2.75) is 13.0 Å². The average molecular weight is 312 g/mol. The molecule has 0 fully saturated rings. The summed E-state index contributed by atoms with van der Waals surface area (Å²) in [5.74, 6) is 1.32. The van der Waals surface area contributed by atoms with Crippen molar-refractivity contribution in [3.05, 3.63) is 40.7 Å². The van der Waals surface area contributed by atoms with Crippen LogP contribution < -0.4 is 10.1 Å². The molecule has 0 saturated heterocycles. The molecule has 0 saturated carbocycles. The average Bonchev–Trinajstić information content (AvgIpc) is 2.82. The summed E-state index contributed by atoms with van der Waals surface area (Å²) in [6, 6.07) is 3.52. The number of rotatable bonds is 5. The second-order valence-corrected chi connectivity index (χ2v) is 4.46. The number of nitrogens with zero attached hydrogens (tertiary/aromatic N) is 2. The maximum atomic E-state index is 5.50. The molecule has 0 aromatic carbocycles. The summed E-state index contributed by atoms with van der Waals surface area (Å²) in [7, 11) is 1.58. The molecule has 1 N–H and O–H groups in total. The number of halogens is 1. The van der Waals surface area contributed by atoms with Gasteiger partial charge < -0.3 is 14.5 Å². The van der Waals surface area contributed by atoms with Crippen LogP contribution in [0.3, 0.4) is 0 Å². The molecule has 0 aliphatic carbocycles. The Hall–Kier alpha value is -1.40. The van der Waals surface area contributed by atoms with E-state index in [9.17, 15) is 0 Å². The van der Waals surface area contributed by atoms with Crippen LogP contribution in [0.25, 0.3) is 0 Å². The first-order chi connectivity index (χ1) is 8.76. The molecule has 1 unspecified atom stereocenters. The van der Waals surface area contributed by atoms with E-state index in [4.69, 9.17) is 9.15 Å². The third-order valence-corrected chi connectivity index (χ3v) is 3.14. The van der Waals surface area contributed by atoms with Crippen molar-refractivity contribution in [3.63, 3.8) is 0 Å². The van der Waals surface area contributed by atoms with Gasteiger partial charge in [-0.1, -0.05) is 6.92 Å². The molecule has 6 heteroatoms. The Kier molecular flexibility index (Phi) is 4.33. The van der Waals surface area contributed by atoms with Crippen molar-refractivity contribution < 1.29 is 9.15 Å². The molecule has 0 spiro atoms. The minimum absolute atomic E-state index is 0.128. The summed E-state index contributed by atoms with van der Waals surface area (Å²) in [6.45, 7) is 2.83. The predicted octanol–water partition coefficient (Wildman–Crippen LogP) is 2.54. The Labute approximate surface area is 114 Å². The first-order valence-corrected chi connectivity index (χ1v) is 6.37. The van der Waals surface area contributed by atoms with Crippen molar-refractivity contribution in [3.8, 4) is 5.88 Å². The number of methoxy groups -OCH3 is 1. The fraction of sp³-hybridized carbons (Fsp3) is 0.333. The van der Waals surface area contributed by atoms with Gasteiger partial charge in [-0.15, -0.1) is 0 Å². The Bertz CT molecular complexity index is 516. The van der Waals surface area contributed by atoms with Crippen LogP contribution in [-0.2, 0) is 0 Å². The zero-order valence-corrected chi connectivity index (χ0v) is 11.8. The van der Waals surface area contributed by atoms with E-state index in [0.717, 1.165) is 22.5 Å². The Balaban J connectivity index is 2.38. The highest BCUT2D eigenvalue weighted by molar-refractivity contribution is 9.10. The van der Waals surface area contributed by atoms with E-state index in [1.54, 1.807) is 19.4 Å². The van der Waals surface area contributed by atoms with E-state index in [2.05, 4.69) is 31.2 Å². The predicted molar refractivity (Wildman–Crippen MR) is 70.5 cm³/mol. The smallest absolute Gasteiger partial charge is 0.216 e. The lowest BCUT2D eigenvalue weighted by molar-refractivity contribution is 0.392. The number of hydrogen-bond donors (Lipinski definition) is 1. The van der Waals surface area contributed by atoms with Crippen LogP contribution >= 0.6 is 15.9 Å². The molecule has 2 rings (SSSR count). The number of aromatic nitrogens is 2. The summed E-state index contributed by atoms with van der Waals surface area (Å²) in [6.07, 6.45) is 3.12. The molecule has 0 aliphatic rings. The third kappa shape index (κ3) is 2.70. The molecule has 5 nitrogen and oxygen atoms in total. The molecule has 0 amide bonds. The van der Waals surface area contributed by atoms with Crippen LogP contribution in [-0.4, -0.2) is 23.6 Å². The number of hydrogen-bond acceptors (Lipinski definition) is 5. The monoisotopic (exact) mass is 311 g/mol. The van der Waals surface area contributed by atoms with Gasteiger partial charge in [0, 0.05) is 6.07 Å². The maximum Gasteiger partial charge on any atom is 0.216 e. The normalized spacial score (nSPS) is 12.4. The molecule has 2 heterocycles. The fourth-order valence-electron chi connectivity index (χ4n) is 1.67. The van der Waals surface area contributed by atoms with Crippen molar-refractivity contribution in [1.82, 2.24) is 15.3 Å². The van der Waals surface area contributed by atoms with Crippen molar-refractivity contribution in [1.29, 1.82) is 0 Å². The van der Waals surface area contributed by atoms with Gasteiger partial charge in [0.15, 0.2) is 0 Å². The van der Waals surface area contributed by atoms with E-state index >= 15 is 0 Å². The van der Waals surface area contributed by atoms with Gasteiger partial charge in [-0.05, 0) is 28.5 Å². The second-order valence-electron chi connectivity index (χ2n) is 3.61. The molecular weight excluding hydrogens is 298 g/mol. The molecule has 0 bridgehead atoms. The van der Waals surface area contributed by atoms with E-state index in [0.29, 0.717) is 5.88 Å². The van der Waals surface area contributed by atoms with Crippen LogP contribution in [0.1, 0.15) is 24.4 Å². The highest BCUT2D eigenvalue weighted by Gasteiger charge is 2.21. The second kappa shape index (κ2) is 5.97. The topological polar surface area (TPSA) is 60.2 Å². The maximum absolute atomic E-state index is 5.50. The summed E-state index contributed by atoms with van der Waals surface area (Å²) in [5.41, 5.74) is 0.805. The van der Waals surface area contributed by atoms with Crippen LogP contribution in [0, 0.1) is 0 Å². The number of nitrogens with one attached hydrogen (secondary N) is 1. The number of ether oxygens (including phenoxy) is 1. The van der Waals surface area contributed by atoms with Gasteiger partial charge in [-0.3, -0.25) is 0 Å².